The van der Waals surface area contributed by atoms with Crippen LogP contribution in [0.4, 0.5) is 5.69 Å². The van der Waals surface area contributed by atoms with E-state index in [1.807, 2.05) is 49.4 Å². The van der Waals surface area contributed by atoms with Crippen LogP contribution < -0.4 is 15.4 Å². The molecule has 0 spiro atoms. The SMILES string of the molecule is COc1ccc(CCNC(=O)CC(=O)Nc2c(C)cccc2C(C)C)cc1. The molecule has 0 atom stereocenters. The molecule has 0 fully saturated rings. The first-order valence-corrected chi connectivity index (χ1v) is 9.19. The van der Waals surface area contributed by atoms with Crippen molar-refractivity contribution in [3.05, 3.63) is 59.2 Å². The summed E-state index contributed by atoms with van der Waals surface area (Å²) in [6, 6.07) is 13.6. The van der Waals surface area contributed by atoms with E-state index in [1.54, 1.807) is 7.11 Å². The number of amides is 2. The predicted octanol–water partition coefficient (Wildman–Crippen LogP) is 3.81. The molecule has 144 valence electrons. The van der Waals surface area contributed by atoms with Gasteiger partial charge in [0.25, 0.3) is 0 Å². The first-order valence-electron chi connectivity index (χ1n) is 9.19. The van der Waals surface area contributed by atoms with E-state index in [0.29, 0.717) is 18.9 Å². The van der Waals surface area contributed by atoms with E-state index in [9.17, 15) is 9.59 Å². The van der Waals surface area contributed by atoms with E-state index in [1.165, 1.54) is 0 Å². The Morgan fingerprint density at radius 1 is 1.04 bits per heavy atom. The Bertz CT molecular complexity index is 783. The van der Waals surface area contributed by atoms with Gasteiger partial charge < -0.3 is 15.4 Å². The highest BCUT2D eigenvalue weighted by Gasteiger charge is 2.14. The lowest BCUT2D eigenvalue weighted by Gasteiger charge is -2.16. The topological polar surface area (TPSA) is 67.4 Å². The van der Waals surface area contributed by atoms with Gasteiger partial charge in [0.2, 0.25) is 11.8 Å². The Morgan fingerprint density at radius 2 is 1.74 bits per heavy atom. The van der Waals surface area contributed by atoms with Crippen LogP contribution in [0, 0.1) is 6.92 Å². The van der Waals surface area contributed by atoms with Gasteiger partial charge in [-0.1, -0.05) is 44.2 Å². The first kappa shape index (κ1) is 20.5. The van der Waals surface area contributed by atoms with Crippen molar-refractivity contribution in [2.75, 3.05) is 19.0 Å². The average Bonchev–Trinajstić information content (AvgIpc) is 2.63. The highest BCUT2D eigenvalue weighted by atomic mass is 16.5. The quantitative estimate of drug-likeness (QED) is 0.696. The Balaban J connectivity index is 1.83. The number of benzene rings is 2. The summed E-state index contributed by atoms with van der Waals surface area (Å²) < 4.78 is 5.12. The zero-order valence-electron chi connectivity index (χ0n) is 16.5. The molecule has 2 amide bonds. The number of carbonyl (C=O) groups is 2. The summed E-state index contributed by atoms with van der Waals surface area (Å²) in [5, 5.41) is 5.70. The number of hydrogen-bond donors (Lipinski definition) is 2. The monoisotopic (exact) mass is 368 g/mol. The zero-order chi connectivity index (χ0) is 19.8. The highest BCUT2D eigenvalue weighted by Crippen LogP contribution is 2.27. The normalized spacial score (nSPS) is 10.6. The van der Waals surface area contributed by atoms with E-state index in [4.69, 9.17) is 4.74 Å². The molecule has 2 rings (SSSR count). The van der Waals surface area contributed by atoms with Crippen LogP contribution in [0.25, 0.3) is 0 Å². The number of rotatable bonds is 8. The van der Waals surface area contributed by atoms with Gasteiger partial charge in [0.15, 0.2) is 0 Å². The molecule has 0 radical (unpaired) electrons. The number of para-hydroxylation sites is 1. The highest BCUT2D eigenvalue weighted by molar-refractivity contribution is 6.04. The molecule has 0 saturated heterocycles. The van der Waals surface area contributed by atoms with Crippen molar-refractivity contribution in [1.29, 1.82) is 0 Å². The Morgan fingerprint density at radius 3 is 2.37 bits per heavy atom. The fourth-order valence-corrected chi connectivity index (χ4v) is 2.87. The molecular formula is C22H28N2O3. The second-order valence-corrected chi connectivity index (χ2v) is 6.87. The lowest BCUT2D eigenvalue weighted by molar-refractivity contribution is -0.126. The summed E-state index contributed by atoms with van der Waals surface area (Å²) >= 11 is 0. The summed E-state index contributed by atoms with van der Waals surface area (Å²) in [5.74, 6) is 0.517. The number of hydrogen-bond acceptors (Lipinski definition) is 3. The smallest absolute Gasteiger partial charge is 0.233 e. The molecule has 5 heteroatoms. The number of methoxy groups -OCH3 is 1. The standard InChI is InChI=1S/C22H28N2O3/c1-15(2)19-7-5-6-16(3)22(19)24-21(26)14-20(25)23-13-12-17-8-10-18(27-4)11-9-17/h5-11,15H,12-14H2,1-4H3,(H,23,25)(H,24,26). The Hall–Kier alpha value is -2.82. The van der Waals surface area contributed by atoms with E-state index in [2.05, 4.69) is 24.5 Å². The lowest BCUT2D eigenvalue weighted by Crippen LogP contribution is -2.30. The van der Waals surface area contributed by atoms with Gasteiger partial charge >= 0.3 is 0 Å². The summed E-state index contributed by atoms with van der Waals surface area (Å²) in [4.78, 5) is 24.3. The van der Waals surface area contributed by atoms with E-state index >= 15 is 0 Å². The number of anilines is 1. The third kappa shape index (κ3) is 6.13. The van der Waals surface area contributed by atoms with Crippen molar-refractivity contribution in [3.8, 4) is 5.75 Å². The van der Waals surface area contributed by atoms with Crippen LogP contribution >= 0.6 is 0 Å². The second kappa shape index (κ2) is 9.76. The Kier molecular flexibility index (Phi) is 7.41. The molecule has 0 aliphatic rings. The van der Waals surface area contributed by atoms with E-state index in [0.717, 1.165) is 28.1 Å². The van der Waals surface area contributed by atoms with Crippen molar-refractivity contribution < 1.29 is 14.3 Å². The minimum absolute atomic E-state index is 0.186. The Labute approximate surface area is 161 Å². The van der Waals surface area contributed by atoms with Crippen LogP contribution in [0.2, 0.25) is 0 Å². The third-order valence-electron chi connectivity index (χ3n) is 4.41. The van der Waals surface area contributed by atoms with Gasteiger partial charge in [-0.15, -0.1) is 0 Å². The van der Waals surface area contributed by atoms with Crippen LogP contribution in [-0.4, -0.2) is 25.5 Å². The minimum Gasteiger partial charge on any atom is -0.497 e. The molecule has 2 aromatic rings. The summed E-state index contributed by atoms with van der Waals surface area (Å²) in [7, 11) is 1.63. The van der Waals surface area contributed by atoms with Crippen LogP contribution in [0.1, 0.15) is 42.9 Å². The van der Waals surface area contributed by atoms with Crippen LogP contribution in [0.15, 0.2) is 42.5 Å². The van der Waals surface area contributed by atoms with Gasteiger partial charge in [0.05, 0.1) is 7.11 Å². The maximum Gasteiger partial charge on any atom is 0.233 e. The van der Waals surface area contributed by atoms with E-state index < -0.39 is 0 Å². The number of aryl methyl sites for hydroxylation is 1. The number of carbonyl (C=O) groups excluding carboxylic acids is 2. The van der Waals surface area contributed by atoms with Crippen LogP contribution in [-0.2, 0) is 16.0 Å². The van der Waals surface area contributed by atoms with Crippen molar-refractivity contribution in [2.45, 2.75) is 39.5 Å². The minimum atomic E-state index is -0.298. The van der Waals surface area contributed by atoms with Crippen LogP contribution in [0.3, 0.4) is 0 Å². The van der Waals surface area contributed by atoms with Crippen molar-refractivity contribution in [1.82, 2.24) is 5.32 Å². The molecule has 0 aliphatic carbocycles. The fourth-order valence-electron chi connectivity index (χ4n) is 2.87. The van der Waals surface area contributed by atoms with Crippen molar-refractivity contribution in [2.24, 2.45) is 0 Å². The van der Waals surface area contributed by atoms with Crippen molar-refractivity contribution >= 4 is 17.5 Å². The number of ether oxygens (including phenoxy) is 1. The van der Waals surface area contributed by atoms with Gasteiger partial charge in [-0.2, -0.15) is 0 Å². The van der Waals surface area contributed by atoms with E-state index in [-0.39, 0.29) is 18.2 Å². The lowest BCUT2D eigenvalue weighted by atomic mass is 9.98. The molecule has 0 unspecified atom stereocenters. The first-order chi connectivity index (χ1) is 12.9. The van der Waals surface area contributed by atoms with Gasteiger partial charge in [-0.25, -0.2) is 0 Å². The molecule has 2 N–H and O–H groups in total. The predicted molar refractivity (Wildman–Crippen MR) is 108 cm³/mol. The molecular weight excluding hydrogens is 340 g/mol. The fraction of sp³-hybridized carbons (Fsp3) is 0.364. The second-order valence-electron chi connectivity index (χ2n) is 6.87. The molecule has 2 aromatic carbocycles. The molecule has 0 aliphatic heterocycles. The maximum atomic E-state index is 12.3. The van der Waals surface area contributed by atoms with Gasteiger partial charge in [-0.05, 0) is 48.1 Å². The van der Waals surface area contributed by atoms with Gasteiger partial charge in [-0.3, -0.25) is 9.59 Å². The zero-order valence-corrected chi connectivity index (χ0v) is 16.5. The average molecular weight is 368 g/mol. The van der Waals surface area contributed by atoms with Crippen molar-refractivity contribution in [3.63, 3.8) is 0 Å². The van der Waals surface area contributed by atoms with Gasteiger partial charge in [0, 0.05) is 12.2 Å². The maximum absolute atomic E-state index is 12.3. The largest absolute Gasteiger partial charge is 0.497 e. The molecule has 27 heavy (non-hydrogen) atoms. The number of nitrogens with one attached hydrogen (secondary N) is 2. The summed E-state index contributed by atoms with van der Waals surface area (Å²) in [6.45, 7) is 6.60. The summed E-state index contributed by atoms with van der Waals surface area (Å²) in [5.41, 5.74) is 3.98. The molecule has 0 heterocycles. The third-order valence-corrected chi connectivity index (χ3v) is 4.41. The summed E-state index contributed by atoms with van der Waals surface area (Å²) in [6.07, 6.45) is 0.515. The molecule has 5 nitrogen and oxygen atoms in total. The van der Waals surface area contributed by atoms with Crippen LogP contribution in [0.5, 0.6) is 5.75 Å². The molecule has 0 saturated carbocycles. The van der Waals surface area contributed by atoms with Gasteiger partial charge in [0.1, 0.15) is 12.2 Å². The molecule has 0 bridgehead atoms. The molecule has 0 aromatic heterocycles.